The maximum Gasteiger partial charge on any atom is 0.307 e. The Bertz CT molecular complexity index is 800. The van der Waals surface area contributed by atoms with Crippen molar-refractivity contribution in [3.8, 4) is 0 Å². The van der Waals surface area contributed by atoms with E-state index < -0.39 is 16.9 Å². The van der Waals surface area contributed by atoms with Gasteiger partial charge in [-0.25, -0.2) is 4.39 Å². The van der Waals surface area contributed by atoms with E-state index in [9.17, 15) is 19.3 Å². The van der Waals surface area contributed by atoms with Crippen molar-refractivity contribution in [1.29, 1.82) is 0 Å². The molecule has 0 saturated heterocycles. The van der Waals surface area contributed by atoms with Crippen molar-refractivity contribution < 1.29 is 24.2 Å². The lowest BCUT2D eigenvalue weighted by Crippen LogP contribution is -2.16. The number of nitrogens with zero attached hydrogens (tertiary/aromatic N) is 1. The van der Waals surface area contributed by atoms with Crippen molar-refractivity contribution in [2.24, 2.45) is 0 Å². The Morgan fingerprint density at radius 1 is 1.36 bits per heavy atom. The summed E-state index contributed by atoms with van der Waals surface area (Å²) in [4.78, 5) is 24.3. The topological polar surface area (TPSA) is 114 Å². The summed E-state index contributed by atoms with van der Waals surface area (Å²) in [5.74, 6) is -1.43. The van der Waals surface area contributed by atoms with Crippen molar-refractivity contribution in [2.75, 3.05) is 25.5 Å². The molecule has 0 aliphatic heterocycles. The molecule has 3 N–H and O–H groups in total. The fraction of sp³-hybridized carbons (Fsp3) is 0.278. The molecule has 0 aliphatic carbocycles. The van der Waals surface area contributed by atoms with E-state index in [0.717, 1.165) is 5.56 Å². The highest BCUT2D eigenvalue weighted by Gasteiger charge is 2.11. The van der Waals surface area contributed by atoms with Crippen LogP contribution in [0.5, 0.6) is 0 Å². The standard InChI is InChI=1S/C15H13ClFNO2.C3H8N2O3/c1-9-5-6-13(10(7-9)8-14(19)20)18-15-11(16)3-2-4-12(15)17;1-4-2-3-8-5(6)7/h2-7,18H,8H2,1H3,(H,19,20);4H,2-3H2,1H3. The lowest BCUT2D eigenvalue weighted by Gasteiger charge is -2.13. The minimum atomic E-state index is -0.946. The SMILES string of the molecule is CNCCO[N+](=O)[O-].Cc1ccc(Nc2c(F)cccc2Cl)c(CC(=O)O)c1. The number of hydrogen-bond acceptors (Lipinski definition) is 6. The molecule has 0 unspecified atom stereocenters. The van der Waals surface area contributed by atoms with Gasteiger partial charge in [0, 0.05) is 12.2 Å². The summed E-state index contributed by atoms with van der Waals surface area (Å²) in [5.41, 5.74) is 2.19. The minimum Gasteiger partial charge on any atom is -0.481 e. The van der Waals surface area contributed by atoms with Crippen molar-refractivity contribution in [1.82, 2.24) is 5.32 Å². The third-order valence-corrected chi connectivity index (χ3v) is 3.69. The molecule has 28 heavy (non-hydrogen) atoms. The highest BCUT2D eigenvalue weighted by molar-refractivity contribution is 6.33. The van der Waals surface area contributed by atoms with E-state index in [1.807, 2.05) is 13.0 Å². The molecule has 0 heterocycles. The molecule has 0 aliphatic rings. The van der Waals surface area contributed by atoms with E-state index in [4.69, 9.17) is 16.7 Å². The van der Waals surface area contributed by atoms with Crippen LogP contribution in [0.25, 0.3) is 0 Å². The first-order chi connectivity index (χ1) is 13.2. The number of halogens is 2. The number of hydrogen-bond donors (Lipinski definition) is 3. The van der Waals surface area contributed by atoms with Gasteiger partial charge in [0.1, 0.15) is 12.4 Å². The van der Waals surface area contributed by atoms with Gasteiger partial charge in [-0.05, 0) is 37.7 Å². The summed E-state index contributed by atoms with van der Waals surface area (Å²) in [6, 6.07) is 9.66. The van der Waals surface area contributed by atoms with Crippen LogP contribution < -0.4 is 10.6 Å². The van der Waals surface area contributed by atoms with Gasteiger partial charge in [-0.15, -0.1) is 10.1 Å². The van der Waals surface area contributed by atoms with Crippen LogP contribution in [0.4, 0.5) is 15.8 Å². The number of aryl methyl sites for hydroxylation is 1. The van der Waals surface area contributed by atoms with Crippen LogP contribution in [0, 0.1) is 22.9 Å². The lowest BCUT2D eigenvalue weighted by molar-refractivity contribution is -0.757. The summed E-state index contributed by atoms with van der Waals surface area (Å²) in [5, 5.41) is 23.4. The molecule has 0 bridgehead atoms. The quantitative estimate of drug-likeness (QED) is 0.344. The molecule has 0 amide bonds. The third-order valence-electron chi connectivity index (χ3n) is 3.37. The smallest absolute Gasteiger partial charge is 0.307 e. The summed E-state index contributed by atoms with van der Waals surface area (Å²) in [6.45, 7) is 2.48. The first-order valence-electron chi connectivity index (χ1n) is 8.18. The molecule has 2 rings (SSSR count). The van der Waals surface area contributed by atoms with E-state index in [1.54, 1.807) is 25.2 Å². The van der Waals surface area contributed by atoms with E-state index in [-0.39, 0.29) is 23.7 Å². The van der Waals surface area contributed by atoms with Crippen molar-refractivity contribution in [2.45, 2.75) is 13.3 Å². The molecule has 0 saturated carbocycles. The van der Waals surface area contributed by atoms with Crippen molar-refractivity contribution in [3.63, 3.8) is 0 Å². The fourth-order valence-corrected chi connectivity index (χ4v) is 2.34. The number of carboxylic acid groups (broad SMARTS) is 1. The molecule has 0 aromatic heterocycles. The van der Waals surface area contributed by atoms with Gasteiger partial charge in [-0.3, -0.25) is 4.79 Å². The molecular weight excluding hydrogens is 393 g/mol. The van der Waals surface area contributed by atoms with Crippen LogP contribution in [-0.2, 0) is 16.1 Å². The maximum atomic E-state index is 13.7. The monoisotopic (exact) mass is 413 g/mol. The van der Waals surface area contributed by atoms with Gasteiger partial charge in [0.2, 0.25) is 0 Å². The van der Waals surface area contributed by atoms with Crippen LogP contribution in [-0.4, -0.2) is 36.4 Å². The summed E-state index contributed by atoms with van der Waals surface area (Å²) in [7, 11) is 1.70. The number of carboxylic acids is 1. The number of para-hydroxylation sites is 1. The lowest BCUT2D eigenvalue weighted by atomic mass is 10.1. The Morgan fingerprint density at radius 2 is 2.07 bits per heavy atom. The number of carbonyl (C=O) groups is 1. The molecular formula is C18H21ClFN3O5. The van der Waals surface area contributed by atoms with Crippen LogP contribution in [0.1, 0.15) is 11.1 Å². The number of anilines is 2. The van der Waals surface area contributed by atoms with Crippen LogP contribution in [0.3, 0.4) is 0 Å². The average molecular weight is 414 g/mol. The molecule has 2 aromatic rings. The van der Waals surface area contributed by atoms with Crippen LogP contribution in [0.2, 0.25) is 5.02 Å². The predicted molar refractivity (Wildman–Crippen MR) is 104 cm³/mol. The van der Waals surface area contributed by atoms with Crippen molar-refractivity contribution in [3.05, 3.63) is 68.5 Å². The number of benzene rings is 2. The second-order valence-electron chi connectivity index (χ2n) is 5.61. The maximum absolute atomic E-state index is 13.7. The van der Waals surface area contributed by atoms with Crippen LogP contribution in [0.15, 0.2) is 36.4 Å². The van der Waals surface area contributed by atoms with Gasteiger partial charge in [0.15, 0.2) is 0 Å². The Balaban J connectivity index is 0.000000416. The average Bonchev–Trinajstić information content (AvgIpc) is 2.60. The molecule has 152 valence electrons. The fourth-order valence-electron chi connectivity index (χ4n) is 2.13. The molecule has 8 nitrogen and oxygen atoms in total. The highest BCUT2D eigenvalue weighted by Crippen LogP contribution is 2.30. The molecule has 0 spiro atoms. The number of aliphatic carboxylic acids is 1. The molecule has 0 radical (unpaired) electrons. The minimum absolute atomic E-state index is 0.115. The van der Waals surface area contributed by atoms with E-state index >= 15 is 0 Å². The third kappa shape index (κ3) is 8.19. The molecule has 2 aromatic carbocycles. The van der Waals surface area contributed by atoms with Gasteiger partial charge < -0.3 is 20.6 Å². The zero-order chi connectivity index (χ0) is 21.1. The Labute approximate surface area is 166 Å². The van der Waals surface area contributed by atoms with E-state index in [1.165, 1.54) is 12.1 Å². The Morgan fingerprint density at radius 3 is 2.64 bits per heavy atom. The Kier molecular flexibility index (Phi) is 9.69. The van der Waals surface area contributed by atoms with Crippen LogP contribution >= 0.6 is 11.6 Å². The molecule has 0 fully saturated rings. The summed E-state index contributed by atoms with van der Waals surface area (Å²) in [6.07, 6.45) is -0.143. The number of nitrogens with one attached hydrogen (secondary N) is 2. The zero-order valence-electron chi connectivity index (χ0n) is 15.4. The first-order valence-corrected chi connectivity index (χ1v) is 8.56. The summed E-state index contributed by atoms with van der Waals surface area (Å²) >= 11 is 5.95. The second-order valence-corrected chi connectivity index (χ2v) is 6.02. The van der Waals surface area contributed by atoms with Crippen molar-refractivity contribution >= 4 is 28.9 Å². The van der Waals surface area contributed by atoms with E-state index in [0.29, 0.717) is 17.8 Å². The highest BCUT2D eigenvalue weighted by atomic mass is 35.5. The first kappa shape index (κ1) is 23.1. The normalized spacial score (nSPS) is 9.86. The summed E-state index contributed by atoms with van der Waals surface area (Å²) < 4.78 is 13.7. The zero-order valence-corrected chi connectivity index (χ0v) is 16.1. The van der Waals surface area contributed by atoms with Gasteiger partial charge in [-0.1, -0.05) is 35.4 Å². The number of likely N-dealkylation sites (N-methyl/N-ethyl adjacent to an activating group) is 1. The largest absolute Gasteiger partial charge is 0.481 e. The van der Waals surface area contributed by atoms with Gasteiger partial charge in [0.05, 0.1) is 17.1 Å². The number of rotatable bonds is 8. The Hall–Kier alpha value is -2.91. The van der Waals surface area contributed by atoms with Gasteiger partial charge in [-0.2, -0.15) is 0 Å². The molecule has 0 atom stereocenters. The van der Waals surface area contributed by atoms with Gasteiger partial charge in [0.25, 0.3) is 5.09 Å². The predicted octanol–water partition coefficient (Wildman–Crippen LogP) is 3.57. The van der Waals surface area contributed by atoms with Gasteiger partial charge >= 0.3 is 5.97 Å². The molecule has 10 heteroatoms. The van der Waals surface area contributed by atoms with E-state index in [2.05, 4.69) is 15.5 Å². The second kappa shape index (κ2) is 11.7.